The van der Waals surface area contributed by atoms with Gasteiger partial charge in [-0.1, -0.05) is 29.8 Å². The summed E-state index contributed by atoms with van der Waals surface area (Å²) in [6, 6.07) is 7.48. The van der Waals surface area contributed by atoms with Crippen LogP contribution in [0.4, 0.5) is 0 Å². The molecule has 1 N–H and O–H groups in total. The van der Waals surface area contributed by atoms with Crippen LogP contribution in [-0.2, 0) is 9.53 Å². The van der Waals surface area contributed by atoms with Crippen LogP contribution < -0.4 is 0 Å². The number of aliphatic hydroxyl groups is 1. The fourth-order valence-corrected chi connectivity index (χ4v) is 1.45. The highest BCUT2D eigenvalue weighted by Gasteiger charge is 2.24. The highest BCUT2D eigenvalue weighted by molar-refractivity contribution is 5.72. The smallest absolute Gasteiger partial charge is 0.311 e. The van der Waals surface area contributed by atoms with E-state index in [1.807, 2.05) is 31.2 Å². The molecule has 2 atom stereocenters. The van der Waals surface area contributed by atoms with Gasteiger partial charge in [0.2, 0.25) is 0 Å². The third kappa shape index (κ3) is 3.07. The summed E-state index contributed by atoms with van der Waals surface area (Å²) in [5.41, 5.74) is 1.87. The number of benzene rings is 1. The van der Waals surface area contributed by atoms with Gasteiger partial charge >= 0.3 is 5.97 Å². The number of aliphatic hydroxyl groups excluding tert-OH is 1. The second-order valence-electron chi connectivity index (χ2n) is 3.90. The van der Waals surface area contributed by atoms with Gasteiger partial charge in [0.15, 0.2) is 0 Å². The van der Waals surface area contributed by atoms with Gasteiger partial charge in [-0.2, -0.15) is 0 Å². The molecule has 1 rings (SSSR count). The zero-order valence-corrected chi connectivity index (χ0v) is 9.93. The molecule has 0 aromatic heterocycles. The van der Waals surface area contributed by atoms with Crippen molar-refractivity contribution in [1.29, 1.82) is 0 Å². The van der Waals surface area contributed by atoms with E-state index in [1.54, 1.807) is 13.8 Å². The van der Waals surface area contributed by atoms with E-state index in [4.69, 9.17) is 4.74 Å². The molecule has 0 aliphatic rings. The third-order valence-electron chi connectivity index (χ3n) is 2.55. The minimum Gasteiger partial charge on any atom is -0.466 e. The van der Waals surface area contributed by atoms with Crippen molar-refractivity contribution in [2.24, 2.45) is 5.92 Å². The molecule has 0 spiro atoms. The lowest BCUT2D eigenvalue weighted by molar-refractivity contribution is -0.151. The molecular weight excluding hydrogens is 204 g/mol. The highest BCUT2D eigenvalue weighted by Crippen LogP contribution is 2.23. The van der Waals surface area contributed by atoms with Gasteiger partial charge in [-0.05, 0) is 26.3 Å². The molecule has 0 aliphatic carbocycles. The van der Waals surface area contributed by atoms with E-state index in [1.165, 1.54) is 0 Å². The molecule has 88 valence electrons. The Morgan fingerprint density at radius 1 is 1.38 bits per heavy atom. The normalized spacial score (nSPS) is 14.2. The standard InChI is InChI=1S/C13H18O3/c1-4-16-13(15)10(3)12(14)11-7-5-9(2)6-8-11/h5-8,10,12,14H,4H2,1-3H3/t10-,12+/m1/s1. The fourth-order valence-electron chi connectivity index (χ4n) is 1.45. The first kappa shape index (κ1) is 12.7. The van der Waals surface area contributed by atoms with Crippen molar-refractivity contribution in [2.75, 3.05) is 6.61 Å². The van der Waals surface area contributed by atoms with Gasteiger partial charge in [0, 0.05) is 0 Å². The minimum atomic E-state index is -0.806. The summed E-state index contributed by atoms with van der Waals surface area (Å²) in [4.78, 5) is 11.4. The predicted molar refractivity (Wildman–Crippen MR) is 61.9 cm³/mol. The van der Waals surface area contributed by atoms with Crippen LogP contribution in [0.25, 0.3) is 0 Å². The molecule has 16 heavy (non-hydrogen) atoms. The first-order valence-electron chi connectivity index (χ1n) is 5.47. The first-order chi connectivity index (χ1) is 7.56. The predicted octanol–water partition coefficient (Wildman–Crippen LogP) is 2.23. The van der Waals surface area contributed by atoms with Crippen molar-refractivity contribution in [2.45, 2.75) is 26.9 Å². The number of rotatable bonds is 4. The molecular formula is C13H18O3. The lowest BCUT2D eigenvalue weighted by Crippen LogP contribution is -2.21. The largest absolute Gasteiger partial charge is 0.466 e. The van der Waals surface area contributed by atoms with Crippen LogP contribution in [0, 0.1) is 12.8 Å². The van der Waals surface area contributed by atoms with Crippen molar-refractivity contribution < 1.29 is 14.6 Å². The maximum absolute atomic E-state index is 11.4. The molecule has 0 saturated heterocycles. The lowest BCUT2D eigenvalue weighted by atomic mass is 9.97. The number of hydrogen-bond donors (Lipinski definition) is 1. The van der Waals surface area contributed by atoms with E-state index in [2.05, 4.69) is 0 Å². The Morgan fingerprint density at radius 3 is 2.44 bits per heavy atom. The molecule has 1 aromatic rings. The zero-order chi connectivity index (χ0) is 12.1. The van der Waals surface area contributed by atoms with Crippen molar-refractivity contribution in [3.05, 3.63) is 35.4 Å². The molecule has 0 radical (unpaired) electrons. The van der Waals surface area contributed by atoms with Gasteiger partial charge in [0.1, 0.15) is 0 Å². The number of esters is 1. The Hall–Kier alpha value is -1.35. The van der Waals surface area contributed by atoms with E-state index in [0.29, 0.717) is 6.61 Å². The van der Waals surface area contributed by atoms with Crippen molar-refractivity contribution in [1.82, 2.24) is 0 Å². The molecule has 0 amide bonds. The van der Waals surface area contributed by atoms with Crippen LogP contribution >= 0.6 is 0 Å². The summed E-state index contributed by atoms with van der Waals surface area (Å²) in [6.45, 7) is 5.74. The van der Waals surface area contributed by atoms with E-state index in [-0.39, 0.29) is 5.97 Å². The van der Waals surface area contributed by atoms with Gasteiger partial charge < -0.3 is 9.84 Å². The van der Waals surface area contributed by atoms with Gasteiger partial charge in [0.05, 0.1) is 18.6 Å². The average molecular weight is 222 g/mol. The van der Waals surface area contributed by atoms with Gasteiger partial charge in [-0.25, -0.2) is 0 Å². The molecule has 0 heterocycles. The fraction of sp³-hybridized carbons (Fsp3) is 0.462. The topological polar surface area (TPSA) is 46.5 Å². The monoisotopic (exact) mass is 222 g/mol. The lowest BCUT2D eigenvalue weighted by Gasteiger charge is -2.17. The number of carbonyl (C=O) groups is 1. The van der Waals surface area contributed by atoms with Crippen molar-refractivity contribution in [3.8, 4) is 0 Å². The average Bonchev–Trinajstić information content (AvgIpc) is 2.28. The Bertz CT molecular complexity index is 343. The molecule has 3 heteroatoms. The second-order valence-corrected chi connectivity index (χ2v) is 3.90. The molecule has 0 saturated carbocycles. The first-order valence-corrected chi connectivity index (χ1v) is 5.47. The maximum Gasteiger partial charge on any atom is 0.311 e. The summed E-state index contributed by atoms with van der Waals surface area (Å²) in [7, 11) is 0. The molecule has 0 bridgehead atoms. The summed E-state index contributed by atoms with van der Waals surface area (Å²) < 4.78 is 4.87. The summed E-state index contributed by atoms with van der Waals surface area (Å²) in [5.74, 6) is -0.904. The minimum absolute atomic E-state index is 0.337. The molecule has 0 unspecified atom stereocenters. The van der Waals surface area contributed by atoms with Crippen LogP contribution in [0.2, 0.25) is 0 Å². The van der Waals surface area contributed by atoms with Crippen molar-refractivity contribution >= 4 is 5.97 Å². The Labute approximate surface area is 96.1 Å². The van der Waals surface area contributed by atoms with Gasteiger partial charge in [-0.15, -0.1) is 0 Å². The number of ether oxygens (including phenoxy) is 1. The zero-order valence-electron chi connectivity index (χ0n) is 9.93. The summed E-state index contributed by atoms with van der Waals surface area (Å²) in [6.07, 6.45) is -0.806. The van der Waals surface area contributed by atoms with Crippen LogP contribution in [-0.4, -0.2) is 17.7 Å². The third-order valence-corrected chi connectivity index (χ3v) is 2.55. The SMILES string of the molecule is CCOC(=O)[C@H](C)[C@H](O)c1ccc(C)cc1. The Kier molecular flexibility index (Phi) is 4.50. The van der Waals surface area contributed by atoms with Crippen LogP contribution in [0.5, 0.6) is 0 Å². The molecule has 3 nitrogen and oxygen atoms in total. The Morgan fingerprint density at radius 2 is 1.94 bits per heavy atom. The summed E-state index contributed by atoms with van der Waals surface area (Å²) in [5, 5.41) is 9.98. The maximum atomic E-state index is 11.4. The van der Waals surface area contributed by atoms with E-state index < -0.39 is 12.0 Å². The van der Waals surface area contributed by atoms with E-state index in [0.717, 1.165) is 11.1 Å². The van der Waals surface area contributed by atoms with E-state index in [9.17, 15) is 9.90 Å². The van der Waals surface area contributed by atoms with Gasteiger partial charge in [0.25, 0.3) is 0 Å². The molecule has 0 aliphatic heterocycles. The number of carbonyl (C=O) groups excluding carboxylic acids is 1. The molecule has 1 aromatic carbocycles. The van der Waals surface area contributed by atoms with Crippen LogP contribution in [0.1, 0.15) is 31.1 Å². The van der Waals surface area contributed by atoms with Crippen LogP contribution in [0.15, 0.2) is 24.3 Å². The second kappa shape index (κ2) is 5.66. The van der Waals surface area contributed by atoms with Crippen LogP contribution in [0.3, 0.4) is 0 Å². The highest BCUT2D eigenvalue weighted by atomic mass is 16.5. The number of aryl methyl sites for hydroxylation is 1. The van der Waals surface area contributed by atoms with Gasteiger partial charge in [-0.3, -0.25) is 4.79 Å². The quantitative estimate of drug-likeness (QED) is 0.795. The summed E-state index contributed by atoms with van der Waals surface area (Å²) >= 11 is 0. The number of hydrogen-bond acceptors (Lipinski definition) is 3. The molecule has 0 fully saturated rings. The van der Waals surface area contributed by atoms with E-state index >= 15 is 0 Å². The van der Waals surface area contributed by atoms with Crippen molar-refractivity contribution in [3.63, 3.8) is 0 Å². The Balaban J connectivity index is 2.73.